The summed E-state index contributed by atoms with van der Waals surface area (Å²) in [6, 6.07) is 8.56. The maximum absolute atomic E-state index is 14.2. The standard InChI is InChI=1S/C18H14Br2F4N2O2/c1-9-3-5-13(11(19)7-9)25-15(27)17(21,22)18(23,24)16(28)26-14-6-4-10(2)8-12(14)20/h3-8H,1-2H3,(H,25,27)(H,26,28). The number of rotatable bonds is 5. The van der Waals surface area contributed by atoms with E-state index in [1.54, 1.807) is 24.5 Å². The van der Waals surface area contributed by atoms with Crippen molar-refractivity contribution in [1.82, 2.24) is 0 Å². The van der Waals surface area contributed by atoms with Crippen LogP contribution in [0.15, 0.2) is 45.3 Å². The lowest BCUT2D eigenvalue weighted by molar-refractivity contribution is -0.204. The lowest BCUT2D eigenvalue weighted by Crippen LogP contribution is -2.56. The summed E-state index contributed by atoms with van der Waals surface area (Å²) in [5.41, 5.74) is 1.25. The van der Waals surface area contributed by atoms with Gasteiger partial charge in [-0.15, -0.1) is 0 Å². The molecule has 0 aliphatic heterocycles. The van der Waals surface area contributed by atoms with Crippen molar-refractivity contribution in [1.29, 1.82) is 0 Å². The first-order valence-electron chi connectivity index (χ1n) is 7.77. The van der Waals surface area contributed by atoms with Crippen molar-refractivity contribution in [2.45, 2.75) is 25.7 Å². The van der Waals surface area contributed by atoms with Crippen molar-refractivity contribution in [2.24, 2.45) is 0 Å². The summed E-state index contributed by atoms with van der Waals surface area (Å²) in [5.74, 6) is -15.2. The van der Waals surface area contributed by atoms with Crippen molar-refractivity contribution in [3.8, 4) is 0 Å². The first-order chi connectivity index (χ1) is 12.9. The average Bonchev–Trinajstić information content (AvgIpc) is 2.59. The first kappa shape index (κ1) is 22.4. The molecule has 150 valence electrons. The maximum atomic E-state index is 14.2. The minimum atomic E-state index is -5.29. The third kappa shape index (κ3) is 4.54. The molecule has 0 spiro atoms. The second-order valence-corrected chi connectivity index (χ2v) is 7.73. The minimum absolute atomic E-state index is 0.132. The molecule has 2 aromatic carbocycles. The number of hydrogen-bond acceptors (Lipinski definition) is 2. The predicted octanol–water partition coefficient (Wildman–Crippen LogP) is 5.68. The van der Waals surface area contributed by atoms with E-state index in [0.717, 1.165) is 11.1 Å². The lowest BCUT2D eigenvalue weighted by atomic mass is 10.1. The SMILES string of the molecule is Cc1ccc(NC(=O)C(F)(F)C(F)(F)C(=O)Nc2ccc(C)cc2Br)c(Br)c1. The Morgan fingerprint density at radius 3 is 1.36 bits per heavy atom. The fourth-order valence-corrected chi connectivity index (χ4v) is 3.31. The third-order valence-corrected chi connectivity index (χ3v) is 5.02. The first-order valence-corrected chi connectivity index (χ1v) is 9.35. The van der Waals surface area contributed by atoms with Gasteiger partial charge in [-0.3, -0.25) is 9.59 Å². The normalized spacial score (nSPS) is 11.9. The molecular formula is C18H14Br2F4N2O2. The Balaban J connectivity index is 2.23. The zero-order valence-corrected chi connectivity index (χ0v) is 17.7. The number of halogens is 6. The van der Waals surface area contributed by atoms with Crippen LogP contribution in [-0.4, -0.2) is 23.7 Å². The minimum Gasteiger partial charge on any atom is -0.320 e. The van der Waals surface area contributed by atoms with Crippen LogP contribution in [0.4, 0.5) is 28.9 Å². The molecule has 0 atom stereocenters. The number of nitrogens with one attached hydrogen (secondary N) is 2. The van der Waals surface area contributed by atoms with Crippen LogP contribution in [0.2, 0.25) is 0 Å². The molecule has 2 aromatic rings. The topological polar surface area (TPSA) is 58.2 Å². The summed E-state index contributed by atoms with van der Waals surface area (Å²) in [4.78, 5) is 23.7. The molecule has 0 fully saturated rings. The highest BCUT2D eigenvalue weighted by Gasteiger charge is 2.67. The summed E-state index contributed by atoms with van der Waals surface area (Å²) in [6.07, 6.45) is 0. The van der Waals surface area contributed by atoms with E-state index in [4.69, 9.17) is 0 Å². The van der Waals surface area contributed by atoms with Gasteiger partial charge in [0.2, 0.25) is 0 Å². The molecule has 0 unspecified atom stereocenters. The van der Waals surface area contributed by atoms with E-state index in [0.29, 0.717) is 0 Å². The number of aryl methyl sites for hydroxylation is 2. The number of benzene rings is 2. The van der Waals surface area contributed by atoms with Crippen LogP contribution in [0.1, 0.15) is 11.1 Å². The molecule has 4 nitrogen and oxygen atoms in total. The number of hydrogen-bond donors (Lipinski definition) is 2. The molecule has 2 N–H and O–H groups in total. The number of anilines is 2. The van der Waals surface area contributed by atoms with E-state index in [9.17, 15) is 27.2 Å². The second kappa shape index (κ2) is 8.20. The number of carbonyl (C=O) groups is 2. The van der Waals surface area contributed by atoms with Crippen LogP contribution in [0.3, 0.4) is 0 Å². The highest BCUT2D eigenvalue weighted by Crippen LogP contribution is 2.38. The molecule has 0 heterocycles. The van der Waals surface area contributed by atoms with Gasteiger partial charge in [-0.1, -0.05) is 12.1 Å². The van der Waals surface area contributed by atoms with E-state index < -0.39 is 23.7 Å². The van der Waals surface area contributed by atoms with Crippen molar-refractivity contribution in [3.05, 3.63) is 56.5 Å². The highest BCUT2D eigenvalue weighted by atomic mass is 79.9. The van der Waals surface area contributed by atoms with E-state index >= 15 is 0 Å². The smallest absolute Gasteiger partial charge is 0.320 e. The van der Waals surface area contributed by atoms with Gasteiger partial charge in [-0.05, 0) is 81.1 Å². The van der Waals surface area contributed by atoms with Gasteiger partial charge < -0.3 is 10.6 Å². The molecule has 10 heteroatoms. The lowest BCUT2D eigenvalue weighted by Gasteiger charge is -2.25. The van der Waals surface area contributed by atoms with E-state index in [1.807, 2.05) is 0 Å². The number of alkyl halides is 4. The Bertz CT molecular complexity index is 860. The monoisotopic (exact) mass is 524 g/mol. The summed E-state index contributed by atoms with van der Waals surface area (Å²) in [6.45, 7) is 3.43. The number of amides is 2. The average molecular weight is 526 g/mol. The van der Waals surface area contributed by atoms with Crippen LogP contribution in [-0.2, 0) is 9.59 Å². The highest BCUT2D eigenvalue weighted by molar-refractivity contribution is 9.11. The van der Waals surface area contributed by atoms with Crippen LogP contribution >= 0.6 is 31.9 Å². The molecule has 2 rings (SSSR count). The summed E-state index contributed by atoms with van der Waals surface area (Å²) in [5, 5.41) is 3.43. The van der Waals surface area contributed by atoms with Crippen LogP contribution in [0, 0.1) is 13.8 Å². The zero-order valence-electron chi connectivity index (χ0n) is 14.5. The molecule has 0 aromatic heterocycles. The molecule has 0 bridgehead atoms. The van der Waals surface area contributed by atoms with Gasteiger partial charge in [-0.25, -0.2) is 0 Å². The van der Waals surface area contributed by atoms with Crippen molar-refractivity contribution in [3.63, 3.8) is 0 Å². The van der Waals surface area contributed by atoms with Crippen molar-refractivity contribution < 1.29 is 27.2 Å². The molecule has 0 aliphatic carbocycles. The largest absolute Gasteiger partial charge is 0.396 e. The Morgan fingerprint density at radius 2 is 1.07 bits per heavy atom. The van der Waals surface area contributed by atoms with Crippen molar-refractivity contribution >= 4 is 55.0 Å². The molecular weight excluding hydrogens is 512 g/mol. The fraction of sp³-hybridized carbons (Fsp3) is 0.222. The Labute approximate surface area is 174 Å². The van der Waals surface area contributed by atoms with Gasteiger partial charge in [0.1, 0.15) is 0 Å². The summed E-state index contributed by atoms with van der Waals surface area (Å²) < 4.78 is 57.1. The van der Waals surface area contributed by atoms with Gasteiger partial charge in [-0.2, -0.15) is 17.6 Å². The predicted molar refractivity (Wildman–Crippen MR) is 105 cm³/mol. The van der Waals surface area contributed by atoms with Gasteiger partial charge in [0, 0.05) is 8.95 Å². The van der Waals surface area contributed by atoms with Gasteiger partial charge >= 0.3 is 23.7 Å². The maximum Gasteiger partial charge on any atom is 0.396 e. The summed E-state index contributed by atoms with van der Waals surface area (Å²) >= 11 is 6.10. The van der Waals surface area contributed by atoms with Gasteiger partial charge in [0.25, 0.3) is 0 Å². The second-order valence-electron chi connectivity index (χ2n) is 6.02. The Kier molecular flexibility index (Phi) is 6.55. The third-order valence-electron chi connectivity index (χ3n) is 3.71. The van der Waals surface area contributed by atoms with E-state index in [-0.39, 0.29) is 20.3 Å². The Hall–Kier alpha value is -1.94. The van der Waals surface area contributed by atoms with Gasteiger partial charge in [0.05, 0.1) is 11.4 Å². The van der Waals surface area contributed by atoms with Crippen molar-refractivity contribution in [2.75, 3.05) is 10.6 Å². The molecule has 0 radical (unpaired) electrons. The summed E-state index contributed by atoms with van der Waals surface area (Å²) in [7, 11) is 0. The molecule has 28 heavy (non-hydrogen) atoms. The molecule has 0 saturated carbocycles. The Morgan fingerprint density at radius 1 is 0.750 bits per heavy atom. The number of carbonyl (C=O) groups excluding carboxylic acids is 2. The van der Waals surface area contributed by atoms with Crippen LogP contribution < -0.4 is 10.6 Å². The molecule has 2 amide bonds. The van der Waals surface area contributed by atoms with Gasteiger partial charge in [0.15, 0.2) is 0 Å². The quantitative estimate of drug-likeness (QED) is 0.494. The molecule has 0 aliphatic rings. The van der Waals surface area contributed by atoms with E-state index in [1.165, 1.54) is 36.4 Å². The fourth-order valence-electron chi connectivity index (χ4n) is 2.13. The zero-order chi connectivity index (χ0) is 21.3. The van der Waals surface area contributed by atoms with Crippen LogP contribution in [0.25, 0.3) is 0 Å². The van der Waals surface area contributed by atoms with Crippen LogP contribution in [0.5, 0.6) is 0 Å². The van der Waals surface area contributed by atoms with E-state index in [2.05, 4.69) is 31.9 Å². The molecule has 0 saturated heterocycles.